The Balaban J connectivity index is -0.000000755. The van der Waals surface area contributed by atoms with Gasteiger partial charge in [-0.3, -0.25) is 0 Å². The van der Waals surface area contributed by atoms with E-state index in [-0.39, 0.29) is 17.9 Å². The molecule has 1 aromatic carbocycles. The fourth-order valence-corrected chi connectivity index (χ4v) is 5.50. The van der Waals surface area contributed by atoms with E-state index in [0.29, 0.717) is 36.5 Å². The second-order valence-corrected chi connectivity index (χ2v) is 15.9. The quantitative estimate of drug-likeness (QED) is 0.0302. The molecular formula is C52H91NO6. The molecule has 340 valence electrons. The number of hydrogen-bond acceptors (Lipinski definition) is 7. The summed E-state index contributed by atoms with van der Waals surface area (Å²) in [6, 6.07) is 10.0. The van der Waals surface area contributed by atoms with Gasteiger partial charge in [0, 0.05) is 23.3 Å². The van der Waals surface area contributed by atoms with Crippen LogP contribution in [0, 0.1) is 0 Å². The second-order valence-electron chi connectivity index (χ2n) is 15.9. The van der Waals surface area contributed by atoms with E-state index >= 15 is 0 Å². The summed E-state index contributed by atoms with van der Waals surface area (Å²) >= 11 is 0. The number of esters is 3. The average Bonchev–Trinajstić information content (AvgIpc) is 3.21. The van der Waals surface area contributed by atoms with Crippen molar-refractivity contribution in [1.82, 2.24) is 4.90 Å². The minimum Gasteiger partial charge on any atom is -0.462 e. The summed E-state index contributed by atoms with van der Waals surface area (Å²) in [4.78, 5) is 35.0. The highest BCUT2D eigenvalue weighted by Crippen LogP contribution is 2.13. The van der Waals surface area contributed by atoms with Crippen molar-refractivity contribution in [1.29, 1.82) is 0 Å². The maximum absolute atomic E-state index is 11.2. The van der Waals surface area contributed by atoms with Crippen molar-refractivity contribution in [2.45, 2.75) is 189 Å². The number of carbonyl (C=O) groups excluding carboxylic acids is 3. The molecule has 0 unspecified atom stereocenters. The topological polar surface area (TPSA) is 82.1 Å². The molecule has 0 spiro atoms. The first-order valence-corrected chi connectivity index (χ1v) is 23.1. The first-order valence-electron chi connectivity index (χ1n) is 23.1. The van der Waals surface area contributed by atoms with Crippen LogP contribution < -0.4 is 0 Å². The van der Waals surface area contributed by atoms with Gasteiger partial charge in [0.15, 0.2) is 0 Å². The normalized spacial score (nSPS) is 10.1. The number of likely N-dealkylation sites (N-methyl/N-ethyl adjacent to an activating group) is 1. The number of hydrogen-bond donors (Lipinski definition) is 0. The van der Waals surface area contributed by atoms with Gasteiger partial charge in [-0.1, -0.05) is 218 Å². The monoisotopic (exact) mass is 826 g/mol. The Morgan fingerprint density at radius 3 is 0.983 bits per heavy atom. The van der Waals surface area contributed by atoms with Gasteiger partial charge in [0.05, 0.1) is 13.2 Å². The summed E-state index contributed by atoms with van der Waals surface area (Å²) in [6.07, 6.45) is 33.6. The van der Waals surface area contributed by atoms with Crippen LogP contribution in [0.1, 0.15) is 194 Å². The van der Waals surface area contributed by atoms with Crippen LogP contribution in [0.15, 0.2) is 73.4 Å². The number of benzene rings is 1. The molecule has 0 atom stereocenters. The van der Waals surface area contributed by atoms with Crippen LogP contribution in [0.5, 0.6) is 0 Å². The molecule has 0 saturated carbocycles. The molecule has 0 radical (unpaired) electrons. The predicted molar refractivity (Wildman–Crippen MR) is 255 cm³/mol. The maximum Gasteiger partial charge on any atom is 0.333 e. The lowest BCUT2D eigenvalue weighted by Gasteiger charge is -2.09. The zero-order valence-electron chi connectivity index (χ0n) is 39.5. The van der Waals surface area contributed by atoms with Gasteiger partial charge in [-0.25, -0.2) is 14.4 Å². The van der Waals surface area contributed by atoms with E-state index in [0.717, 1.165) is 19.4 Å². The number of rotatable bonds is 33. The highest BCUT2D eigenvalue weighted by Gasteiger charge is 2.04. The molecule has 7 heteroatoms. The van der Waals surface area contributed by atoms with Crippen LogP contribution in [-0.4, -0.2) is 63.3 Å². The SMILES string of the molecule is C=C(C)C(=O)OCCCCCCCCCCCC.C=C(C)C(=O)OCCCCCCCCCCCCCCCC.C=C(C)C(=O)OCCN(C)C.C=Cc1ccccc1. The van der Waals surface area contributed by atoms with Crippen LogP contribution in [0.2, 0.25) is 0 Å². The van der Waals surface area contributed by atoms with Crippen molar-refractivity contribution < 1.29 is 28.6 Å². The molecule has 0 N–H and O–H groups in total. The second kappa shape index (κ2) is 47.2. The number of unbranched alkanes of at least 4 members (excludes halogenated alkanes) is 22. The molecule has 0 fully saturated rings. The Bertz CT molecular complexity index is 1170. The summed E-state index contributed by atoms with van der Waals surface area (Å²) in [5.41, 5.74) is 2.60. The van der Waals surface area contributed by atoms with E-state index in [9.17, 15) is 14.4 Å². The fourth-order valence-electron chi connectivity index (χ4n) is 5.50. The van der Waals surface area contributed by atoms with E-state index < -0.39 is 0 Å². The molecule has 0 aliphatic carbocycles. The van der Waals surface area contributed by atoms with E-state index in [2.05, 4.69) is 40.2 Å². The number of carbonyl (C=O) groups is 3. The standard InChI is InChI=1S/C20H38O2.C16H30O2.C8H15NO2.C8H8/c1-4-5-6-7-8-9-10-11-12-13-14-15-16-17-18-22-20(21)19(2)3;1-4-5-6-7-8-9-10-11-12-13-14-18-16(17)15(2)3;1-7(2)8(10)11-6-5-9(3)4;1-2-8-6-4-3-5-7-8/h2,4-18H2,1,3H3;2,4-14H2,1,3H3;1,5-6H2,2-4H3;2-7H,1H2. The molecular weight excluding hydrogens is 735 g/mol. The Kier molecular flexibility index (Phi) is 47.9. The van der Waals surface area contributed by atoms with Crippen molar-refractivity contribution >= 4 is 24.0 Å². The molecule has 0 saturated heterocycles. The third-order valence-electron chi connectivity index (χ3n) is 9.31. The van der Waals surface area contributed by atoms with E-state index in [4.69, 9.17) is 14.2 Å². The summed E-state index contributed by atoms with van der Waals surface area (Å²) in [5.74, 6) is -0.826. The van der Waals surface area contributed by atoms with E-state index in [1.807, 2.05) is 55.4 Å². The zero-order chi connectivity index (χ0) is 44.8. The molecule has 0 bridgehead atoms. The molecule has 0 aromatic heterocycles. The minimum absolute atomic E-state index is 0.255. The largest absolute Gasteiger partial charge is 0.462 e. The van der Waals surface area contributed by atoms with Crippen molar-refractivity contribution in [3.63, 3.8) is 0 Å². The molecule has 0 amide bonds. The Morgan fingerprint density at radius 2 is 0.746 bits per heavy atom. The Hall–Kier alpha value is -3.45. The summed E-state index contributed by atoms with van der Waals surface area (Å²) in [6.45, 7) is 26.0. The first kappa shape index (κ1) is 59.9. The lowest BCUT2D eigenvalue weighted by molar-refractivity contribution is -0.140. The average molecular weight is 826 g/mol. The summed E-state index contributed by atoms with van der Waals surface area (Å²) < 4.78 is 14.9. The van der Waals surface area contributed by atoms with Gasteiger partial charge >= 0.3 is 17.9 Å². The minimum atomic E-state index is -0.313. The first-order chi connectivity index (χ1) is 28.3. The lowest BCUT2D eigenvalue weighted by Crippen LogP contribution is -2.20. The van der Waals surface area contributed by atoms with Gasteiger partial charge in [-0.05, 0) is 53.3 Å². The zero-order valence-corrected chi connectivity index (χ0v) is 39.5. The molecule has 0 aliphatic rings. The van der Waals surface area contributed by atoms with Crippen LogP contribution >= 0.6 is 0 Å². The van der Waals surface area contributed by atoms with E-state index in [1.165, 1.54) is 147 Å². The van der Waals surface area contributed by atoms with Gasteiger partial charge in [0.25, 0.3) is 0 Å². The van der Waals surface area contributed by atoms with Crippen molar-refractivity contribution in [2.24, 2.45) is 0 Å². The van der Waals surface area contributed by atoms with Crippen LogP contribution in [0.25, 0.3) is 6.08 Å². The lowest BCUT2D eigenvalue weighted by atomic mass is 10.0. The van der Waals surface area contributed by atoms with Gasteiger partial charge in [-0.15, -0.1) is 0 Å². The maximum atomic E-state index is 11.2. The third-order valence-corrected chi connectivity index (χ3v) is 9.31. The third kappa shape index (κ3) is 50.6. The molecule has 0 heterocycles. The summed E-state index contributed by atoms with van der Waals surface area (Å²) in [7, 11) is 3.85. The molecule has 59 heavy (non-hydrogen) atoms. The molecule has 1 aromatic rings. The van der Waals surface area contributed by atoms with Crippen molar-refractivity contribution in [3.05, 3.63) is 78.9 Å². The Morgan fingerprint density at radius 1 is 0.475 bits per heavy atom. The molecule has 1 rings (SSSR count). The Labute approximate surface area is 364 Å². The van der Waals surface area contributed by atoms with Crippen LogP contribution in [-0.2, 0) is 28.6 Å². The smallest absolute Gasteiger partial charge is 0.333 e. The van der Waals surface area contributed by atoms with Crippen LogP contribution in [0.4, 0.5) is 0 Å². The van der Waals surface area contributed by atoms with Gasteiger partial charge in [-0.2, -0.15) is 0 Å². The highest BCUT2D eigenvalue weighted by atomic mass is 16.5. The van der Waals surface area contributed by atoms with Gasteiger partial charge in [0.2, 0.25) is 0 Å². The van der Waals surface area contributed by atoms with Gasteiger partial charge < -0.3 is 19.1 Å². The summed E-state index contributed by atoms with van der Waals surface area (Å²) in [5, 5.41) is 0. The molecule has 0 aliphatic heterocycles. The van der Waals surface area contributed by atoms with Crippen molar-refractivity contribution in [2.75, 3.05) is 40.5 Å². The number of ether oxygens (including phenoxy) is 3. The molecule has 7 nitrogen and oxygen atoms in total. The number of nitrogens with zero attached hydrogens (tertiary/aromatic N) is 1. The fraction of sp³-hybridized carbons (Fsp3) is 0.673. The van der Waals surface area contributed by atoms with Crippen molar-refractivity contribution in [3.8, 4) is 0 Å². The van der Waals surface area contributed by atoms with E-state index in [1.54, 1.807) is 20.8 Å². The van der Waals surface area contributed by atoms with Gasteiger partial charge in [0.1, 0.15) is 6.61 Å². The van der Waals surface area contributed by atoms with Crippen LogP contribution in [0.3, 0.4) is 0 Å². The highest BCUT2D eigenvalue weighted by molar-refractivity contribution is 5.87. The predicted octanol–water partition coefficient (Wildman–Crippen LogP) is 14.6.